The Kier molecular flexibility index (Phi) is 8.27. The summed E-state index contributed by atoms with van der Waals surface area (Å²) < 4.78 is 10.6. The van der Waals surface area contributed by atoms with Crippen LogP contribution in [0.25, 0.3) is 0 Å². The first-order chi connectivity index (χ1) is 14.0. The lowest BCUT2D eigenvalue weighted by Gasteiger charge is -2.22. The fourth-order valence-corrected chi connectivity index (χ4v) is 2.84. The van der Waals surface area contributed by atoms with Crippen molar-refractivity contribution in [2.24, 2.45) is 4.99 Å². The van der Waals surface area contributed by atoms with Gasteiger partial charge in [0.25, 0.3) is 5.69 Å². The topological polar surface area (TPSA) is 89.2 Å². The van der Waals surface area contributed by atoms with E-state index in [1.165, 1.54) is 6.07 Å². The fraction of sp³-hybridized carbons (Fsp3) is 0.381. The highest BCUT2D eigenvalue weighted by molar-refractivity contribution is 5.79. The predicted molar refractivity (Wildman–Crippen MR) is 114 cm³/mol. The third-order valence-electron chi connectivity index (χ3n) is 4.41. The monoisotopic (exact) mass is 400 g/mol. The van der Waals surface area contributed by atoms with Crippen LogP contribution in [0.15, 0.2) is 47.5 Å². The summed E-state index contributed by atoms with van der Waals surface area (Å²) in [5, 5.41) is 14.2. The maximum Gasteiger partial charge on any atom is 0.269 e. The van der Waals surface area contributed by atoms with Crippen molar-refractivity contribution in [3.63, 3.8) is 0 Å². The van der Waals surface area contributed by atoms with Crippen LogP contribution in [0.2, 0.25) is 0 Å². The molecule has 8 heteroatoms. The van der Waals surface area contributed by atoms with Crippen molar-refractivity contribution >= 4 is 11.6 Å². The lowest BCUT2D eigenvalue weighted by molar-refractivity contribution is -0.384. The van der Waals surface area contributed by atoms with E-state index < -0.39 is 4.92 Å². The van der Waals surface area contributed by atoms with Gasteiger partial charge in [0.2, 0.25) is 0 Å². The molecular weight excluding hydrogens is 372 g/mol. The highest BCUT2D eigenvalue weighted by Gasteiger charge is 2.10. The van der Waals surface area contributed by atoms with E-state index in [2.05, 4.69) is 10.3 Å². The van der Waals surface area contributed by atoms with Crippen molar-refractivity contribution in [1.29, 1.82) is 0 Å². The van der Waals surface area contributed by atoms with Crippen molar-refractivity contribution in [2.45, 2.75) is 19.9 Å². The Balaban J connectivity index is 2.05. The number of rotatable bonds is 9. The molecule has 0 aliphatic rings. The number of ether oxygens (including phenoxy) is 2. The summed E-state index contributed by atoms with van der Waals surface area (Å²) in [5.41, 5.74) is 2.00. The van der Waals surface area contributed by atoms with E-state index in [0.717, 1.165) is 36.6 Å². The summed E-state index contributed by atoms with van der Waals surface area (Å²) in [6.07, 6.45) is 0.804. The number of likely N-dealkylation sites (N-methyl/N-ethyl adjacent to an activating group) is 1. The molecule has 2 rings (SSSR count). The first kappa shape index (κ1) is 22.0. The molecule has 8 nitrogen and oxygen atoms in total. The minimum Gasteiger partial charge on any atom is -0.493 e. The number of guanidine groups is 1. The van der Waals surface area contributed by atoms with Crippen LogP contribution in [0.4, 0.5) is 5.69 Å². The van der Waals surface area contributed by atoms with Crippen LogP contribution >= 0.6 is 0 Å². The molecule has 0 saturated carbocycles. The molecule has 0 atom stereocenters. The average Bonchev–Trinajstić information content (AvgIpc) is 2.74. The second kappa shape index (κ2) is 10.9. The first-order valence-corrected chi connectivity index (χ1v) is 9.42. The number of nitrogens with one attached hydrogen (secondary N) is 1. The maximum atomic E-state index is 10.9. The predicted octanol–water partition coefficient (Wildman–Crippen LogP) is 3.25. The number of aliphatic imine (C=N–C) groups is 1. The number of nitrogens with zero attached hydrogens (tertiary/aromatic N) is 3. The molecule has 0 saturated heterocycles. The quantitative estimate of drug-likeness (QED) is 0.301. The molecule has 2 aromatic rings. The first-order valence-electron chi connectivity index (χ1n) is 9.42. The van der Waals surface area contributed by atoms with Crippen molar-refractivity contribution in [3.05, 3.63) is 63.7 Å². The van der Waals surface area contributed by atoms with Gasteiger partial charge in [0, 0.05) is 32.3 Å². The summed E-state index contributed by atoms with van der Waals surface area (Å²) in [6, 6.07) is 12.4. The van der Waals surface area contributed by atoms with Crippen LogP contribution in [0.1, 0.15) is 18.1 Å². The SMILES string of the molecule is CCNC(=NCc1cccc([N+](=O)[O-])c1)N(C)CCc1ccc(OC)c(OC)c1. The molecule has 29 heavy (non-hydrogen) atoms. The Labute approximate surface area is 171 Å². The minimum atomic E-state index is -0.395. The van der Waals surface area contributed by atoms with Crippen LogP contribution < -0.4 is 14.8 Å². The summed E-state index contributed by atoms with van der Waals surface area (Å²) >= 11 is 0. The van der Waals surface area contributed by atoms with E-state index in [4.69, 9.17) is 9.47 Å². The van der Waals surface area contributed by atoms with Gasteiger partial charge >= 0.3 is 0 Å². The summed E-state index contributed by atoms with van der Waals surface area (Å²) in [7, 11) is 5.21. The highest BCUT2D eigenvalue weighted by atomic mass is 16.6. The Morgan fingerprint density at radius 3 is 2.55 bits per heavy atom. The van der Waals surface area contributed by atoms with Gasteiger partial charge in [-0.3, -0.25) is 10.1 Å². The lowest BCUT2D eigenvalue weighted by atomic mass is 10.1. The zero-order chi connectivity index (χ0) is 21.2. The zero-order valence-electron chi connectivity index (χ0n) is 17.3. The number of non-ortho nitro benzene ring substituents is 1. The average molecular weight is 400 g/mol. The van der Waals surface area contributed by atoms with Gasteiger partial charge in [-0.15, -0.1) is 0 Å². The molecule has 1 N–H and O–H groups in total. The van der Waals surface area contributed by atoms with E-state index in [9.17, 15) is 10.1 Å². The molecule has 0 aliphatic carbocycles. The summed E-state index contributed by atoms with van der Waals surface area (Å²) in [6.45, 7) is 3.85. The summed E-state index contributed by atoms with van der Waals surface area (Å²) in [5.74, 6) is 2.16. The molecule has 0 radical (unpaired) electrons. The van der Waals surface area contributed by atoms with Gasteiger partial charge in [-0.2, -0.15) is 0 Å². The van der Waals surface area contributed by atoms with Gasteiger partial charge in [0.15, 0.2) is 17.5 Å². The normalized spacial score (nSPS) is 11.1. The van der Waals surface area contributed by atoms with E-state index in [-0.39, 0.29) is 5.69 Å². The molecular formula is C21H28N4O4. The standard InChI is InChI=1S/C21H28N4O4/c1-5-22-21(23-15-17-7-6-8-18(13-17)25(26)27)24(2)12-11-16-9-10-19(28-3)20(14-16)29-4/h6-10,13-14H,5,11-12,15H2,1-4H3,(H,22,23). The van der Waals surface area contributed by atoms with Crippen molar-refractivity contribution < 1.29 is 14.4 Å². The van der Waals surface area contributed by atoms with E-state index >= 15 is 0 Å². The third kappa shape index (κ3) is 6.38. The Hall–Kier alpha value is -3.29. The molecule has 0 unspecified atom stereocenters. The molecule has 0 amide bonds. The number of nitro groups is 1. The maximum absolute atomic E-state index is 10.9. The number of hydrogen-bond donors (Lipinski definition) is 1. The molecule has 0 aromatic heterocycles. The largest absolute Gasteiger partial charge is 0.493 e. The van der Waals surface area contributed by atoms with Crippen LogP contribution in [-0.2, 0) is 13.0 Å². The zero-order valence-corrected chi connectivity index (χ0v) is 17.3. The fourth-order valence-electron chi connectivity index (χ4n) is 2.84. The second-order valence-corrected chi connectivity index (χ2v) is 6.46. The number of nitro benzene ring substituents is 1. The molecule has 0 bridgehead atoms. The molecule has 0 fully saturated rings. The smallest absolute Gasteiger partial charge is 0.269 e. The van der Waals surface area contributed by atoms with Crippen LogP contribution in [0.3, 0.4) is 0 Å². The number of benzene rings is 2. The number of hydrogen-bond acceptors (Lipinski definition) is 5. The Bertz CT molecular complexity index is 854. The van der Waals surface area contributed by atoms with Gasteiger partial charge in [0.05, 0.1) is 25.7 Å². The van der Waals surface area contributed by atoms with Gasteiger partial charge in [0.1, 0.15) is 0 Å². The van der Waals surface area contributed by atoms with E-state index in [1.807, 2.05) is 43.1 Å². The van der Waals surface area contributed by atoms with Crippen LogP contribution in [-0.4, -0.2) is 50.1 Å². The van der Waals surface area contributed by atoms with E-state index in [0.29, 0.717) is 18.0 Å². The van der Waals surface area contributed by atoms with Crippen molar-refractivity contribution in [1.82, 2.24) is 10.2 Å². The molecule has 0 aliphatic heterocycles. The van der Waals surface area contributed by atoms with Gasteiger partial charge < -0.3 is 19.7 Å². The van der Waals surface area contributed by atoms with Gasteiger partial charge in [-0.05, 0) is 36.6 Å². The third-order valence-corrected chi connectivity index (χ3v) is 4.41. The Morgan fingerprint density at radius 2 is 1.90 bits per heavy atom. The molecule has 0 heterocycles. The molecule has 0 spiro atoms. The van der Waals surface area contributed by atoms with Gasteiger partial charge in [-0.1, -0.05) is 18.2 Å². The second-order valence-electron chi connectivity index (χ2n) is 6.46. The lowest BCUT2D eigenvalue weighted by Crippen LogP contribution is -2.39. The number of methoxy groups -OCH3 is 2. The Morgan fingerprint density at radius 1 is 1.14 bits per heavy atom. The van der Waals surface area contributed by atoms with E-state index in [1.54, 1.807) is 26.4 Å². The van der Waals surface area contributed by atoms with Crippen molar-refractivity contribution in [3.8, 4) is 11.5 Å². The molecule has 2 aromatic carbocycles. The van der Waals surface area contributed by atoms with Crippen molar-refractivity contribution in [2.75, 3.05) is 34.4 Å². The highest BCUT2D eigenvalue weighted by Crippen LogP contribution is 2.27. The summed E-state index contributed by atoms with van der Waals surface area (Å²) in [4.78, 5) is 17.2. The minimum absolute atomic E-state index is 0.0736. The molecule has 156 valence electrons. The van der Waals surface area contributed by atoms with Crippen LogP contribution in [0.5, 0.6) is 11.5 Å². The van der Waals surface area contributed by atoms with Gasteiger partial charge in [-0.25, -0.2) is 4.99 Å². The van der Waals surface area contributed by atoms with Crippen LogP contribution in [0, 0.1) is 10.1 Å².